The number of rotatable bonds is 6. The summed E-state index contributed by atoms with van der Waals surface area (Å²) in [6.07, 6.45) is -0.0357. The Labute approximate surface area is 157 Å². The van der Waals surface area contributed by atoms with Crippen LogP contribution in [0.15, 0.2) is 42.5 Å². The highest BCUT2D eigenvalue weighted by atomic mass is 16.5. The topological polar surface area (TPSA) is 93.7 Å². The van der Waals surface area contributed by atoms with Gasteiger partial charge in [-0.15, -0.1) is 0 Å². The molecule has 142 valence electrons. The lowest BCUT2D eigenvalue weighted by molar-refractivity contribution is -0.147. The zero-order valence-corrected chi connectivity index (χ0v) is 15.5. The summed E-state index contributed by atoms with van der Waals surface area (Å²) >= 11 is 0. The molecule has 2 aromatic rings. The van der Waals surface area contributed by atoms with Crippen molar-refractivity contribution in [1.29, 1.82) is 0 Å². The van der Waals surface area contributed by atoms with Gasteiger partial charge >= 0.3 is 12.0 Å². The van der Waals surface area contributed by atoms with Gasteiger partial charge in [-0.25, -0.2) is 4.79 Å². The molecule has 0 spiro atoms. The molecule has 0 unspecified atom stereocenters. The highest BCUT2D eigenvalue weighted by molar-refractivity contribution is 6.02. The number of ether oxygens (including phenoxy) is 2. The van der Waals surface area contributed by atoms with Crippen LogP contribution in [0, 0.1) is 13.8 Å². The molecule has 0 aliphatic rings. The molecule has 2 N–H and O–H groups in total. The molecule has 0 aliphatic carbocycles. The second-order valence-corrected chi connectivity index (χ2v) is 5.97. The number of nitrogens with one attached hydrogen (secondary N) is 2. The second kappa shape index (κ2) is 9.38. The summed E-state index contributed by atoms with van der Waals surface area (Å²) in [5.41, 5.74) is 3.19. The molecule has 0 saturated heterocycles. The Morgan fingerprint density at radius 3 is 2.48 bits per heavy atom. The first-order chi connectivity index (χ1) is 12.9. The van der Waals surface area contributed by atoms with Gasteiger partial charge in [-0.2, -0.15) is 0 Å². The van der Waals surface area contributed by atoms with E-state index in [1.54, 1.807) is 30.3 Å². The van der Waals surface area contributed by atoms with Gasteiger partial charge in [0.15, 0.2) is 6.61 Å². The van der Waals surface area contributed by atoms with E-state index in [0.29, 0.717) is 17.0 Å². The van der Waals surface area contributed by atoms with Crippen LogP contribution in [0.3, 0.4) is 0 Å². The predicted octanol–water partition coefficient (Wildman–Crippen LogP) is 2.75. The number of para-hydroxylation sites is 1. The van der Waals surface area contributed by atoms with Crippen LogP contribution < -0.4 is 15.4 Å². The molecule has 7 heteroatoms. The Bertz CT molecular complexity index is 848. The number of carbonyl (C=O) groups excluding carboxylic acids is 3. The molecule has 0 bridgehead atoms. The molecule has 7 nitrogen and oxygen atoms in total. The van der Waals surface area contributed by atoms with Crippen LogP contribution in [0.1, 0.15) is 16.7 Å². The van der Waals surface area contributed by atoms with Crippen molar-refractivity contribution < 1.29 is 23.9 Å². The summed E-state index contributed by atoms with van der Waals surface area (Å²) < 4.78 is 10.1. The fourth-order valence-corrected chi connectivity index (χ4v) is 2.47. The van der Waals surface area contributed by atoms with E-state index >= 15 is 0 Å². The minimum atomic E-state index is -0.717. The second-order valence-electron chi connectivity index (χ2n) is 5.97. The van der Waals surface area contributed by atoms with Gasteiger partial charge in [0.05, 0.1) is 13.5 Å². The van der Waals surface area contributed by atoms with E-state index in [1.807, 2.05) is 26.0 Å². The minimum Gasteiger partial charge on any atom is -0.496 e. The first-order valence-electron chi connectivity index (χ1n) is 8.34. The normalized spacial score (nSPS) is 10.0. The van der Waals surface area contributed by atoms with Crippen LogP contribution in [-0.2, 0) is 20.7 Å². The number of esters is 1. The van der Waals surface area contributed by atoms with Crippen LogP contribution in [0.25, 0.3) is 0 Å². The van der Waals surface area contributed by atoms with Gasteiger partial charge < -0.3 is 14.8 Å². The Hall–Kier alpha value is -3.35. The quantitative estimate of drug-likeness (QED) is 0.763. The third-order valence-electron chi connectivity index (χ3n) is 3.77. The smallest absolute Gasteiger partial charge is 0.325 e. The Balaban J connectivity index is 1.79. The predicted molar refractivity (Wildman–Crippen MR) is 101 cm³/mol. The van der Waals surface area contributed by atoms with Gasteiger partial charge in [-0.1, -0.05) is 35.9 Å². The fraction of sp³-hybridized carbons (Fsp3) is 0.250. The maximum absolute atomic E-state index is 11.9. The molecule has 0 fully saturated rings. The van der Waals surface area contributed by atoms with Gasteiger partial charge in [0.2, 0.25) is 0 Å². The van der Waals surface area contributed by atoms with Crippen molar-refractivity contribution in [2.75, 3.05) is 19.0 Å². The van der Waals surface area contributed by atoms with Crippen molar-refractivity contribution in [1.82, 2.24) is 5.32 Å². The number of benzene rings is 2. The summed E-state index contributed by atoms with van der Waals surface area (Å²) in [5.74, 6) is -0.748. The van der Waals surface area contributed by atoms with E-state index < -0.39 is 24.5 Å². The molecule has 3 amide bonds. The summed E-state index contributed by atoms with van der Waals surface area (Å²) in [5, 5.41) is 4.70. The van der Waals surface area contributed by atoms with Crippen molar-refractivity contribution in [2.24, 2.45) is 0 Å². The molecule has 0 aliphatic heterocycles. The number of amides is 3. The number of anilines is 1. The zero-order chi connectivity index (χ0) is 19.8. The van der Waals surface area contributed by atoms with Crippen molar-refractivity contribution >= 4 is 23.6 Å². The number of imide groups is 1. The van der Waals surface area contributed by atoms with E-state index in [0.717, 1.165) is 11.1 Å². The van der Waals surface area contributed by atoms with Crippen LogP contribution >= 0.6 is 0 Å². The Morgan fingerprint density at radius 2 is 1.78 bits per heavy atom. The zero-order valence-electron chi connectivity index (χ0n) is 15.5. The summed E-state index contributed by atoms with van der Waals surface area (Å²) in [6.45, 7) is 3.25. The molecule has 0 aromatic heterocycles. The van der Waals surface area contributed by atoms with E-state index in [4.69, 9.17) is 9.47 Å². The van der Waals surface area contributed by atoms with Gasteiger partial charge in [-0.05, 0) is 31.5 Å². The third-order valence-corrected chi connectivity index (χ3v) is 3.77. The molecular weight excluding hydrogens is 348 g/mol. The monoisotopic (exact) mass is 370 g/mol. The van der Waals surface area contributed by atoms with Gasteiger partial charge in [0.1, 0.15) is 5.75 Å². The van der Waals surface area contributed by atoms with Gasteiger partial charge in [0, 0.05) is 11.3 Å². The largest absolute Gasteiger partial charge is 0.496 e. The molecule has 27 heavy (non-hydrogen) atoms. The minimum absolute atomic E-state index is 0.0357. The van der Waals surface area contributed by atoms with Crippen LogP contribution in [-0.4, -0.2) is 31.6 Å². The van der Waals surface area contributed by atoms with Gasteiger partial charge in [0.25, 0.3) is 5.91 Å². The van der Waals surface area contributed by atoms with Crippen LogP contribution in [0.2, 0.25) is 0 Å². The fourth-order valence-electron chi connectivity index (χ4n) is 2.47. The summed E-state index contributed by atoms with van der Waals surface area (Å²) in [7, 11) is 1.51. The first-order valence-corrected chi connectivity index (χ1v) is 8.34. The molecule has 2 aromatic carbocycles. The van der Waals surface area contributed by atoms with Crippen molar-refractivity contribution in [3.05, 3.63) is 59.2 Å². The Morgan fingerprint density at radius 1 is 1.04 bits per heavy atom. The molecule has 0 saturated carbocycles. The van der Waals surface area contributed by atoms with E-state index in [2.05, 4.69) is 10.6 Å². The number of carbonyl (C=O) groups is 3. The Kier molecular flexibility index (Phi) is 6.93. The van der Waals surface area contributed by atoms with Crippen LogP contribution in [0.5, 0.6) is 5.75 Å². The number of hydrogen-bond acceptors (Lipinski definition) is 5. The molecular formula is C20H22N2O5. The lowest BCUT2D eigenvalue weighted by Crippen LogP contribution is -2.37. The number of urea groups is 1. The van der Waals surface area contributed by atoms with Crippen molar-refractivity contribution in [3.8, 4) is 5.75 Å². The number of hydrogen-bond donors (Lipinski definition) is 2. The van der Waals surface area contributed by atoms with Crippen LogP contribution in [0.4, 0.5) is 10.5 Å². The molecule has 0 heterocycles. The molecule has 2 rings (SSSR count). The molecule has 0 radical (unpaired) electrons. The standard InChI is InChI=1S/C20H22N2O5/c1-13-8-9-16(14(2)10-13)21-20(25)22-18(23)12-27-19(24)11-15-6-4-5-7-17(15)26-3/h4-10H,11-12H2,1-3H3,(H2,21,22,23,25). The third kappa shape index (κ3) is 6.14. The van der Waals surface area contributed by atoms with E-state index in [9.17, 15) is 14.4 Å². The van der Waals surface area contributed by atoms with Crippen molar-refractivity contribution in [3.63, 3.8) is 0 Å². The number of methoxy groups -OCH3 is 1. The highest BCUT2D eigenvalue weighted by Crippen LogP contribution is 2.18. The van der Waals surface area contributed by atoms with E-state index in [1.165, 1.54) is 7.11 Å². The average molecular weight is 370 g/mol. The highest BCUT2D eigenvalue weighted by Gasteiger charge is 2.14. The maximum Gasteiger partial charge on any atom is 0.325 e. The SMILES string of the molecule is COc1ccccc1CC(=O)OCC(=O)NC(=O)Nc1ccc(C)cc1C. The lowest BCUT2D eigenvalue weighted by Gasteiger charge is -2.10. The van der Waals surface area contributed by atoms with Gasteiger partial charge in [-0.3, -0.25) is 14.9 Å². The maximum atomic E-state index is 11.9. The summed E-state index contributed by atoms with van der Waals surface area (Å²) in [6, 6.07) is 11.9. The summed E-state index contributed by atoms with van der Waals surface area (Å²) in [4.78, 5) is 35.5. The number of aryl methyl sites for hydroxylation is 2. The molecule has 0 atom stereocenters. The van der Waals surface area contributed by atoms with E-state index in [-0.39, 0.29) is 6.42 Å². The van der Waals surface area contributed by atoms with Crippen molar-refractivity contribution in [2.45, 2.75) is 20.3 Å². The average Bonchev–Trinajstić information content (AvgIpc) is 2.63. The first kappa shape index (κ1) is 20.0. The lowest BCUT2D eigenvalue weighted by atomic mass is 10.1.